The van der Waals surface area contributed by atoms with Gasteiger partial charge in [0.2, 0.25) is 5.54 Å². The maximum absolute atomic E-state index is 12.7. The molecule has 1 saturated heterocycles. The second-order valence-electron chi connectivity index (χ2n) is 7.13. The highest BCUT2D eigenvalue weighted by molar-refractivity contribution is 7.16. The van der Waals surface area contributed by atoms with Crippen molar-refractivity contribution in [3.63, 3.8) is 0 Å². The number of urea groups is 1. The lowest BCUT2D eigenvalue weighted by Gasteiger charge is -2.20. The number of carbonyl (C=O) groups excluding carboxylic acids is 2. The third-order valence-electron chi connectivity index (χ3n) is 5.17. The highest BCUT2D eigenvalue weighted by Gasteiger charge is 2.46. The minimum atomic E-state index is -1.53. The zero-order chi connectivity index (χ0) is 21.6. The van der Waals surface area contributed by atoms with Crippen LogP contribution in [-0.4, -0.2) is 39.2 Å². The third-order valence-corrected chi connectivity index (χ3v) is 5.96. The average molecular weight is 432 g/mol. The number of thiazole rings is 1. The normalized spacial score (nSPS) is 18.0. The molecule has 9 heteroatoms. The van der Waals surface area contributed by atoms with Crippen LogP contribution in [0.1, 0.15) is 5.56 Å². The van der Waals surface area contributed by atoms with E-state index in [0.717, 1.165) is 15.6 Å². The van der Waals surface area contributed by atoms with Gasteiger partial charge in [-0.05, 0) is 36.4 Å². The summed E-state index contributed by atoms with van der Waals surface area (Å²) in [5, 5.41) is 16.9. The summed E-state index contributed by atoms with van der Waals surface area (Å²) in [6.45, 7) is -0.0663. The van der Waals surface area contributed by atoms with Gasteiger partial charge in [-0.2, -0.15) is 0 Å². The Balaban J connectivity index is 1.56. The van der Waals surface area contributed by atoms with Crippen molar-refractivity contribution in [1.82, 2.24) is 20.2 Å². The van der Waals surface area contributed by atoms with Crippen LogP contribution in [0.25, 0.3) is 21.0 Å². The van der Waals surface area contributed by atoms with Crippen molar-refractivity contribution in [1.29, 1.82) is 0 Å². The van der Waals surface area contributed by atoms with Gasteiger partial charge in [-0.25, -0.2) is 9.78 Å². The second kappa shape index (κ2) is 7.04. The summed E-state index contributed by atoms with van der Waals surface area (Å²) < 4.78 is 7.69. The molecule has 8 nitrogen and oxygen atoms in total. The number of hydrogen-bond acceptors (Lipinski definition) is 6. The van der Waals surface area contributed by atoms with Gasteiger partial charge < -0.3 is 19.7 Å². The summed E-state index contributed by atoms with van der Waals surface area (Å²) in [6.07, 6.45) is 1.70. The van der Waals surface area contributed by atoms with Crippen LogP contribution >= 0.6 is 11.3 Å². The SMILES string of the molecule is COc1ccc2cn(C[C@@]3(C#Cc4ccc5ncsc5c4)NC(=O)NC3=O)c(O)c2c1. The van der Waals surface area contributed by atoms with Gasteiger partial charge in [-0.1, -0.05) is 11.8 Å². The summed E-state index contributed by atoms with van der Waals surface area (Å²) in [5.74, 6) is 5.90. The highest BCUT2D eigenvalue weighted by atomic mass is 32.1. The molecular formula is C22H16N4O4S. The number of aromatic hydroxyl groups is 1. The van der Waals surface area contributed by atoms with E-state index in [0.29, 0.717) is 16.7 Å². The van der Waals surface area contributed by atoms with E-state index >= 15 is 0 Å². The Labute approximate surface area is 180 Å². The number of aromatic nitrogens is 2. The van der Waals surface area contributed by atoms with Crippen LogP contribution < -0.4 is 15.4 Å². The molecule has 1 aliphatic heterocycles. The van der Waals surface area contributed by atoms with Gasteiger partial charge in [0.1, 0.15) is 5.75 Å². The molecule has 2 aromatic carbocycles. The van der Waals surface area contributed by atoms with Gasteiger partial charge >= 0.3 is 6.03 Å². The largest absolute Gasteiger partial charge is 0.497 e. The van der Waals surface area contributed by atoms with Crippen molar-refractivity contribution < 1.29 is 19.4 Å². The molecule has 2 aromatic heterocycles. The first-order chi connectivity index (χ1) is 15.0. The van der Waals surface area contributed by atoms with Crippen LogP contribution in [-0.2, 0) is 11.3 Å². The first-order valence-corrected chi connectivity index (χ1v) is 10.2. The highest BCUT2D eigenvalue weighted by Crippen LogP contribution is 2.32. The van der Waals surface area contributed by atoms with Crippen LogP contribution in [0.5, 0.6) is 11.6 Å². The van der Waals surface area contributed by atoms with Crippen LogP contribution in [0, 0.1) is 11.8 Å². The Bertz CT molecular complexity index is 1430. The molecule has 5 rings (SSSR count). The molecule has 1 aliphatic rings. The van der Waals surface area contributed by atoms with E-state index in [1.807, 2.05) is 18.2 Å². The number of fused-ring (bicyclic) bond motifs is 2. The number of nitrogens with zero attached hydrogens (tertiary/aromatic N) is 2. The predicted molar refractivity (Wildman–Crippen MR) is 116 cm³/mol. The Morgan fingerprint density at radius 1 is 1.26 bits per heavy atom. The van der Waals surface area contributed by atoms with Crippen molar-refractivity contribution in [3.05, 3.63) is 53.7 Å². The van der Waals surface area contributed by atoms with Gasteiger partial charge in [0.25, 0.3) is 5.91 Å². The van der Waals surface area contributed by atoms with Crippen molar-refractivity contribution in [2.45, 2.75) is 12.1 Å². The Morgan fingerprint density at radius 3 is 2.90 bits per heavy atom. The summed E-state index contributed by atoms with van der Waals surface area (Å²) in [7, 11) is 1.54. The topological polar surface area (TPSA) is 105 Å². The van der Waals surface area contributed by atoms with E-state index in [1.165, 1.54) is 15.9 Å². The van der Waals surface area contributed by atoms with Gasteiger partial charge in [-0.15, -0.1) is 11.3 Å². The third kappa shape index (κ3) is 3.23. The molecule has 4 aromatic rings. The van der Waals surface area contributed by atoms with Crippen LogP contribution in [0.3, 0.4) is 0 Å². The summed E-state index contributed by atoms with van der Waals surface area (Å²) in [6, 6.07) is 10.2. The Hall–Kier alpha value is -4.03. The first-order valence-electron chi connectivity index (χ1n) is 9.33. The number of carbonyl (C=O) groups is 2. The maximum Gasteiger partial charge on any atom is 0.323 e. The molecule has 0 spiro atoms. The van der Waals surface area contributed by atoms with Crippen LogP contribution in [0.4, 0.5) is 4.79 Å². The zero-order valence-corrected chi connectivity index (χ0v) is 17.1. The smallest absolute Gasteiger partial charge is 0.323 e. The monoisotopic (exact) mass is 432 g/mol. The van der Waals surface area contributed by atoms with Crippen molar-refractivity contribution >= 4 is 44.3 Å². The number of amides is 3. The van der Waals surface area contributed by atoms with Crippen molar-refractivity contribution in [2.75, 3.05) is 7.11 Å². The first kappa shape index (κ1) is 19.0. The summed E-state index contributed by atoms with van der Waals surface area (Å²) in [5.41, 5.74) is 1.78. The van der Waals surface area contributed by atoms with E-state index in [-0.39, 0.29) is 12.4 Å². The minimum Gasteiger partial charge on any atom is -0.497 e. The molecular weight excluding hydrogens is 416 g/mol. The molecule has 0 unspecified atom stereocenters. The van der Waals surface area contributed by atoms with Crippen molar-refractivity contribution in [2.24, 2.45) is 0 Å². The molecule has 3 N–H and O–H groups in total. The molecule has 3 amide bonds. The lowest BCUT2D eigenvalue weighted by atomic mass is 10.00. The molecule has 0 bridgehead atoms. The average Bonchev–Trinajstić information content (AvgIpc) is 3.43. The van der Waals surface area contributed by atoms with E-state index in [1.54, 1.807) is 37.0 Å². The van der Waals surface area contributed by atoms with Gasteiger partial charge in [0, 0.05) is 22.5 Å². The number of methoxy groups -OCH3 is 1. The van der Waals surface area contributed by atoms with E-state index in [9.17, 15) is 14.7 Å². The van der Waals surface area contributed by atoms with E-state index in [2.05, 4.69) is 27.5 Å². The Kier molecular flexibility index (Phi) is 4.30. The fourth-order valence-electron chi connectivity index (χ4n) is 3.57. The van der Waals surface area contributed by atoms with Gasteiger partial charge in [-0.3, -0.25) is 10.1 Å². The van der Waals surface area contributed by atoms with E-state index in [4.69, 9.17) is 4.74 Å². The summed E-state index contributed by atoms with van der Waals surface area (Å²) >= 11 is 1.49. The number of imide groups is 1. The van der Waals surface area contributed by atoms with Crippen LogP contribution in [0.15, 0.2) is 48.1 Å². The minimum absolute atomic E-state index is 0.0462. The number of hydrogen-bond donors (Lipinski definition) is 3. The number of nitrogens with one attached hydrogen (secondary N) is 2. The number of ether oxygens (including phenoxy) is 1. The maximum atomic E-state index is 12.7. The standard InChI is InChI=1S/C22H16N4O4S/c1-30-15-4-3-14-10-26(19(27)16(14)9-15)11-22(20(28)24-21(29)25-22)7-6-13-2-5-17-18(8-13)31-12-23-17/h2-5,8-10,12,27H,11H2,1H3,(H2,24,25,28,29)/t22-/m1/s1. The molecule has 0 radical (unpaired) electrons. The number of benzene rings is 2. The molecule has 154 valence electrons. The Morgan fingerprint density at radius 2 is 2.13 bits per heavy atom. The fraction of sp³-hybridized carbons (Fsp3) is 0.136. The fourth-order valence-corrected chi connectivity index (χ4v) is 4.29. The summed E-state index contributed by atoms with van der Waals surface area (Å²) in [4.78, 5) is 28.9. The van der Waals surface area contributed by atoms with Gasteiger partial charge in [0.15, 0.2) is 5.88 Å². The quantitative estimate of drug-likeness (QED) is 0.341. The van der Waals surface area contributed by atoms with Crippen LogP contribution in [0.2, 0.25) is 0 Å². The second-order valence-corrected chi connectivity index (χ2v) is 8.02. The zero-order valence-electron chi connectivity index (χ0n) is 16.3. The lowest BCUT2D eigenvalue weighted by Crippen LogP contribution is -2.49. The molecule has 1 fully saturated rings. The van der Waals surface area contributed by atoms with Crippen molar-refractivity contribution in [3.8, 4) is 23.5 Å². The predicted octanol–water partition coefficient (Wildman–Crippen LogP) is 2.60. The molecule has 31 heavy (non-hydrogen) atoms. The number of rotatable bonds is 3. The van der Waals surface area contributed by atoms with E-state index < -0.39 is 17.5 Å². The molecule has 1 atom stereocenters. The lowest BCUT2D eigenvalue weighted by molar-refractivity contribution is -0.122. The molecule has 3 heterocycles. The molecule has 0 saturated carbocycles. The molecule has 0 aliphatic carbocycles. The van der Waals surface area contributed by atoms with Gasteiger partial charge in [0.05, 0.1) is 29.4 Å².